The van der Waals surface area contributed by atoms with Gasteiger partial charge in [-0.2, -0.15) is 0 Å². The molecule has 6 heteroatoms. The normalized spacial score (nSPS) is 11.0. The quantitative estimate of drug-likeness (QED) is 0.716. The van der Waals surface area contributed by atoms with E-state index in [4.69, 9.17) is 20.2 Å². The maximum absolute atomic E-state index is 14.1. The number of nitrogens with zero attached hydrogens (tertiary/aromatic N) is 2. The Morgan fingerprint density at radius 2 is 1.84 bits per heavy atom. The van der Waals surface area contributed by atoms with Gasteiger partial charge >= 0.3 is 0 Å². The van der Waals surface area contributed by atoms with E-state index in [1.54, 1.807) is 26.4 Å². The third kappa shape index (κ3) is 3.44. The molecule has 0 unspecified atom stereocenters. The lowest BCUT2D eigenvalue weighted by molar-refractivity contribution is 0.355. The highest BCUT2D eigenvalue weighted by molar-refractivity contribution is 5.80. The van der Waals surface area contributed by atoms with Gasteiger partial charge in [0.25, 0.3) is 0 Å². The van der Waals surface area contributed by atoms with Crippen LogP contribution in [0.5, 0.6) is 11.5 Å². The van der Waals surface area contributed by atoms with Crippen molar-refractivity contribution in [3.8, 4) is 11.5 Å². The number of fused-ring (bicyclic) bond motifs is 1. The fourth-order valence-electron chi connectivity index (χ4n) is 2.93. The van der Waals surface area contributed by atoms with Gasteiger partial charge in [0.1, 0.15) is 11.6 Å². The summed E-state index contributed by atoms with van der Waals surface area (Å²) in [5.74, 6) is 1.89. The Kier molecular flexibility index (Phi) is 5.19. The number of hydrogen-bond donors (Lipinski definition) is 1. The number of hydrogen-bond acceptors (Lipinski definition) is 4. The molecule has 0 radical (unpaired) electrons. The summed E-state index contributed by atoms with van der Waals surface area (Å²) in [6, 6.07) is 10.5. The van der Waals surface area contributed by atoms with Gasteiger partial charge in [-0.1, -0.05) is 18.2 Å². The average Bonchev–Trinajstić information content (AvgIpc) is 2.97. The Labute approximate surface area is 146 Å². The molecule has 25 heavy (non-hydrogen) atoms. The molecule has 0 atom stereocenters. The summed E-state index contributed by atoms with van der Waals surface area (Å²) >= 11 is 0. The molecular weight excluding hydrogens is 321 g/mol. The van der Waals surface area contributed by atoms with Crippen LogP contribution in [0.2, 0.25) is 0 Å². The van der Waals surface area contributed by atoms with E-state index in [0.717, 1.165) is 29.7 Å². The minimum absolute atomic E-state index is 0.227. The van der Waals surface area contributed by atoms with Crippen molar-refractivity contribution in [1.29, 1.82) is 0 Å². The van der Waals surface area contributed by atoms with E-state index in [1.807, 2.05) is 22.8 Å². The molecule has 0 saturated carbocycles. The minimum atomic E-state index is -0.227. The molecule has 0 fully saturated rings. The lowest BCUT2D eigenvalue weighted by Crippen LogP contribution is -2.09. The van der Waals surface area contributed by atoms with Gasteiger partial charge in [0.15, 0.2) is 11.5 Å². The second-order valence-electron chi connectivity index (χ2n) is 5.79. The molecule has 0 aliphatic carbocycles. The number of imidazole rings is 1. The van der Waals surface area contributed by atoms with Crippen molar-refractivity contribution in [1.82, 2.24) is 9.55 Å². The number of aromatic nitrogens is 2. The van der Waals surface area contributed by atoms with Gasteiger partial charge in [-0.3, -0.25) is 0 Å². The van der Waals surface area contributed by atoms with Crippen molar-refractivity contribution in [3.05, 3.63) is 53.6 Å². The van der Waals surface area contributed by atoms with E-state index in [1.165, 1.54) is 6.07 Å². The number of rotatable bonds is 7. The van der Waals surface area contributed by atoms with Crippen LogP contribution in [0.4, 0.5) is 4.39 Å². The van der Waals surface area contributed by atoms with Gasteiger partial charge in [-0.15, -0.1) is 0 Å². The Morgan fingerprint density at radius 1 is 1.12 bits per heavy atom. The van der Waals surface area contributed by atoms with E-state index >= 15 is 0 Å². The molecule has 0 aliphatic heterocycles. The van der Waals surface area contributed by atoms with Crippen molar-refractivity contribution >= 4 is 11.0 Å². The fraction of sp³-hybridized carbons (Fsp3) is 0.316. The fourth-order valence-corrected chi connectivity index (χ4v) is 2.93. The highest BCUT2D eigenvalue weighted by atomic mass is 19.1. The van der Waals surface area contributed by atoms with Crippen molar-refractivity contribution in [2.45, 2.75) is 19.4 Å². The van der Waals surface area contributed by atoms with Gasteiger partial charge in [0.2, 0.25) is 0 Å². The smallest absolute Gasteiger partial charge is 0.163 e. The summed E-state index contributed by atoms with van der Waals surface area (Å²) in [5, 5.41) is 0. The van der Waals surface area contributed by atoms with Gasteiger partial charge in [-0.25, -0.2) is 9.37 Å². The highest BCUT2D eigenvalue weighted by Crippen LogP contribution is 2.33. The van der Waals surface area contributed by atoms with Crippen LogP contribution in [0.25, 0.3) is 11.0 Å². The van der Waals surface area contributed by atoms with Gasteiger partial charge < -0.3 is 19.8 Å². The van der Waals surface area contributed by atoms with Crippen molar-refractivity contribution in [2.24, 2.45) is 5.73 Å². The molecule has 132 valence electrons. The largest absolute Gasteiger partial charge is 0.493 e. The van der Waals surface area contributed by atoms with E-state index in [9.17, 15) is 4.39 Å². The van der Waals surface area contributed by atoms with Crippen LogP contribution in [0.3, 0.4) is 0 Å². The van der Waals surface area contributed by atoms with E-state index in [0.29, 0.717) is 30.2 Å². The maximum atomic E-state index is 14.1. The second kappa shape index (κ2) is 7.53. The first-order valence-corrected chi connectivity index (χ1v) is 8.22. The summed E-state index contributed by atoms with van der Waals surface area (Å²) in [5.41, 5.74) is 7.94. The van der Waals surface area contributed by atoms with Crippen LogP contribution >= 0.6 is 0 Å². The summed E-state index contributed by atoms with van der Waals surface area (Å²) in [4.78, 5) is 4.71. The van der Waals surface area contributed by atoms with Gasteiger partial charge in [-0.05, 0) is 19.0 Å². The molecule has 0 spiro atoms. The van der Waals surface area contributed by atoms with E-state index < -0.39 is 0 Å². The molecule has 1 aromatic heterocycles. The number of halogens is 1. The highest BCUT2D eigenvalue weighted by Gasteiger charge is 2.16. The molecule has 3 rings (SSSR count). The first kappa shape index (κ1) is 17.2. The molecule has 0 aliphatic rings. The molecule has 2 aromatic carbocycles. The first-order valence-electron chi connectivity index (χ1n) is 8.22. The summed E-state index contributed by atoms with van der Waals surface area (Å²) < 4.78 is 26.9. The monoisotopic (exact) mass is 343 g/mol. The van der Waals surface area contributed by atoms with Crippen LogP contribution in [-0.4, -0.2) is 30.3 Å². The summed E-state index contributed by atoms with van der Waals surface area (Å²) in [6.45, 7) is 0.980. The van der Waals surface area contributed by atoms with Crippen LogP contribution in [0, 0.1) is 5.82 Å². The predicted octanol–water partition coefficient (Wildman–Crippen LogP) is 3.13. The molecule has 2 N–H and O–H groups in total. The SMILES string of the molecule is COc1cc2nc(CCCN)n(Cc3ccccc3F)c2cc1OC. The third-order valence-corrected chi connectivity index (χ3v) is 4.22. The van der Waals surface area contributed by atoms with Crippen molar-refractivity contribution in [3.63, 3.8) is 0 Å². The van der Waals surface area contributed by atoms with Gasteiger partial charge in [0, 0.05) is 24.1 Å². The third-order valence-electron chi connectivity index (χ3n) is 4.22. The summed E-state index contributed by atoms with van der Waals surface area (Å²) in [6.07, 6.45) is 1.54. The van der Waals surface area contributed by atoms with Crippen LogP contribution in [-0.2, 0) is 13.0 Å². The Morgan fingerprint density at radius 3 is 2.52 bits per heavy atom. The number of methoxy groups -OCH3 is 2. The number of nitrogens with two attached hydrogens (primary N) is 1. The zero-order valence-electron chi connectivity index (χ0n) is 14.5. The zero-order valence-corrected chi connectivity index (χ0v) is 14.5. The molecule has 0 bridgehead atoms. The Balaban J connectivity index is 2.13. The average molecular weight is 343 g/mol. The Bertz CT molecular complexity index is 876. The molecule has 3 aromatic rings. The van der Waals surface area contributed by atoms with E-state index in [-0.39, 0.29) is 5.82 Å². The topological polar surface area (TPSA) is 62.3 Å². The number of aryl methyl sites for hydroxylation is 1. The molecular formula is C19H22FN3O2. The second-order valence-corrected chi connectivity index (χ2v) is 5.79. The summed E-state index contributed by atoms with van der Waals surface area (Å²) in [7, 11) is 3.19. The zero-order chi connectivity index (χ0) is 17.8. The number of ether oxygens (including phenoxy) is 2. The van der Waals surface area contributed by atoms with Crippen LogP contribution in [0.1, 0.15) is 17.8 Å². The van der Waals surface area contributed by atoms with E-state index in [2.05, 4.69) is 0 Å². The van der Waals surface area contributed by atoms with Gasteiger partial charge in [0.05, 0.1) is 31.8 Å². The molecule has 1 heterocycles. The molecule has 5 nitrogen and oxygen atoms in total. The maximum Gasteiger partial charge on any atom is 0.163 e. The predicted molar refractivity (Wildman–Crippen MR) is 95.7 cm³/mol. The van der Waals surface area contributed by atoms with Crippen molar-refractivity contribution in [2.75, 3.05) is 20.8 Å². The Hall–Kier alpha value is -2.60. The van der Waals surface area contributed by atoms with Crippen LogP contribution in [0.15, 0.2) is 36.4 Å². The standard InChI is InChI=1S/C19H22FN3O2/c1-24-17-10-15-16(11-18(17)25-2)23(19(22-15)8-5-9-21)12-13-6-3-4-7-14(13)20/h3-4,6-7,10-11H,5,8-9,12,21H2,1-2H3. The lowest BCUT2D eigenvalue weighted by Gasteiger charge is -2.12. The van der Waals surface area contributed by atoms with Crippen molar-refractivity contribution < 1.29 is 13.9 Å². The molecule has 0 saturated heterocycles. The number of benzene rings is 2. The van der Waals surface area contributed by atoms with Crippen LogP contribution < -0.4 is 15.2 Å². The first-order chi connectivity index (χ1) is 12.2. The minimum Gasteiger partial charge on any atom is -0.493 e. The lowest BCUT2D eigenvalue weighted by atomic mass is 10.2. The molecule has 0 amide bonds.